The van der Waals surface area contributed by atoms with Crippen LogP contribution >= 0.6 is 35.7 Å². The van der Waals surface area contributed by atoms with Crippen molar-refractivity contribution in [2.24, 2.45) is 4.99 Å². The van der Waals surface area contributed by atoms with Crippen LogP contribution in [-0.2, 0) is 15.9 Å². The van der Waals surface area contributed by atoms with Gasteiger partial charge >= 0.3 is 0 Å². The maximum atomic E-state index is 6.15. The van der Waals surface area contributed by atoms with Crippen LogP contribution < -0.4 is 5.32 Å². The van der Waals surface area contributed by atoms with E-state index >= 15 is 0 Å². The van der Waals surface area contributed by atoms with E-state index in [4.69, 9.17) is 18.9 Å². The number of piperidine rings is 1. The van der Waals surface area contributed by atoms with E-state index in [1.54, 1.807) is 6.26 Å². The lowest BCUT2D eigenvalue weighted by molar-refractivity contribution is -0.0721. The Morgan fingerprint density at radius 1 is 1.31 bits per heavy atom. The van der Waals surface area contributed by atoms with Crippen molar-refractivity contribution in [3.63, 3.8) is 0 Å². The molecule has 166 valence electrons. The van der Waals surface area contributed by atoms with Crippen molar-refractivity contribution in [2.45, 2.75) is 50.7 Å². The molecule has 29 heavy (non-hydrogen) atoms. The summed E-state index contributed by atoms with van der Waals surface area (Å²) in [6, 6.07) is 3.96. The summed E-state index contributed by atoms with van der Waals surface area (Å²) in [5, 5.41) is 3.53. The first-order valence-corrected chi connectivity index (χ1v) is 12.0. The van der Waals surface area contributed by atoms with Crippen molar-refractivity contribution in [2.75, 3.05) is 51.4 Å². The van der Waals surface area contributed by atoms with Gasteiger partial charge in [0.15, 0.2) is 5.96 Å². The summed E-state index contributed by atoms with van der Waals surface area (Å²) in [4.78, 5) is 7.19. The average Bonchev–Trinajstić information content (AvgIpc) is 3.26. The van der Waals surface area contributed by atoms with Crippen LogP contribution in [0.2, 0.25) is 0 Å². The molecule has 0 aliphatic carbocycles. The fourth-order valence-electron chi connectivity index (χ4n) is 3.68. The van der Waals surface area contributed by atoms with Gasteiger partial charge in [-0.3, -0.25) is 4.99 Å². The standard InChI is InChI=1S/C21H35N3O3S.HI/c1-28-16-11-23-21(22-10-7-18-6-4-15-25-18)24-12-8-19(9-13-24)27-17-20-5-2-3-14-26-20;/h4,6,15,19-20H,2-3,5,7-14,16-17H2,1H3,(H,22,23);1H. The van der Waals surface area contributed by atoms with E-state index in [2.05, 4.69) is 16.5 Å². The number of furan rings is 1. The number of hydrogen-bond acceptors (Lipinski definition) is 5. The number of hydrogen-bond donors (Lipinski definition) is 1. The number of nitrogens with zero attached hydrogens (tertiary/aromatic N) is 2. The van der Waals surface area contributed by atoms with Crippen LogP contribution in [0, 0.1) is 0 Å². The normalized spacial score (nSPS) is 21.1. The van der Waals surface area contributed by atoms with E-state index in [0.29, 0.717) is 12.2 Å². The van der Waals surface area contributed by atoms with Gasteiger partial charge in [0.25, 0.3) is 0 Å². The van der Waals surface area contributed by atoms with Crippen LogP contribution in [-0.4, -0.2) is 74.5 Å². The first-order chi connectivity index (χ1) is 13.8. The minimum atomic E-state index is 0. The highest BCUT2D eigenvalue weighted by Gasteiger charge is 2.23. The fraction of sp³-hybridized carbons (Fsp3) is 0.762. The van der Waals surface area contributed by atoms with Crippen LogP contribution in [0.3, 0.4) is 0 Å². The molecular formula is C21H36IN3O3S. The topological polar surface area (TPSA) is 59.2 Å². The van der Waals surface area contributed by atoms with E-state index in [0.717, 1.165) is 82.5 Å². The predicted molar refractivity (Wildman–Crippen MR) is 131 cm³/mol. The number of likely N-dealkylation sites (tertiary alicyclic amines) is 1. The third-order valence-electron chi connectivity index (χ3n) is 5.32. The van der Waals surface area contributed by atoms with Gasteiger partial charge in [-0.2, -0.15) is 11.8 Å². The number of guanidine groups is 1. The predicted octanol–water partition coefficient (Wildman–Crippen LogP) is 3.80. The number of nitrogens with one attached hydrogen (secondary N) is 1. The zero-order valence-corrected chi connectivity index (χ0v) is 20.7. The summed E-state index contributed by atoms with van der Waals surface area (Å²) in [5.74, 6) is 3.08. The van der Waals surface area contributed by atoms with Gasteiger partial charge in [0.05, 0.1) is 31.6 Å². The van der Waals surface area contributed by atoms with E-state index in [9.17, 15) is 0 Å². The minimum Gasteiger partial charge on any atom is -0.469 e. The van der Waals surface area contributed by atoms with Gasteiger partial charge < -0.3 is 24.1 Å². The Morgan fingerprint density at radius 2 is 2.17 bits per heavy atom. The van der Waals surface area contributed by atoms with E-state index in [1.165, 1.54) is 12.8 Å². The second-order valence-corrected chi connectivity index (χ2v) is 8.45. The number of halogens is 1. The van der Waals surface area contributed by atoms with Crippen molar-refractivity contribution in [3.8, 4) is 0 Å². The lowest BCUT2D eigenvalue weighted by Crippen LogP contribution is -2.48. The molecule has 1 aromatic rings. The monoisotopic (exact) mass is 537 g/mol. The molecule has 2 fully saturated rings. The summed E-state index contributed by atoms with van der Waals surface area (Å²) in [6.07, 6.45) is 11.1. The zero-order chi connectivity index (χ0) is 19.4. The second kappa shape index (κ2) is 14.5. The molecule has 1 unspecified atom stereocenters. The molecule has 0 radical (unpaired) electrons. The lowest BCUT2D eigenvalue weighted by atomic mass is 10.1. The number of rotatable bonds is 9. The van der Waals surface area contributed by atoms with Gasteiger partial charge in [0.1, 0.15) is 5.76 Å². The van der Waals surface area contributed by atoms with Gasteiger partial charge in [-0.25, -0.2) is 0 Å². The highest BCUT2D eigenvalue weighted by molar-refractivity contribution is 14.0. The summed E-state index contributed by atoms with van der Waals surface area (Å²) < 4.78 is 17.4. The van der Waals surface area contributed by atoms with Gasteiger partial charge in [0, 0.05) is 38.4 Å². The van der Waals surface area contributed by atoms with Crippen molar-refractivity contribution in [1.29, 1.82) is 0 Å². The van der Waals surface area contributed by atoms with Crippen LogP contribution in [0.4, 0.5) is 0 Å². The summed E-state index contributed by atoms with van der Waals surface area (Å²) in [5.41, 5.74) is 0. The van der Waals surface area contributed by atoms with Gasteiger partial charge in [0.2, 0.25) is 0 Å². The molecule has 0 bridgehead atoms. The molecule has 0 aromatic carbocycles. The van der Waals surface area contributed by atoms with Crippen LogP contribution in [0.1, 0.15) is 37.9 Å². The Hall–Kier alpha value is -0.450. The Morgan fingerprint density at radius 3 is 2.86 bits per heavy atom. The van der Waals surface area contributed by atoms with Crippen LogP contribution in [0.15, 0.2) is 27.8 Å². The highest BCUT2D eigenvalue weighted by atomic mass is 127. The first-order valence-electron chi connectivity index (χ1n) is 10.6. The quantitative estimate of drug-likeness (QED) is 0.224. The average molecular weight is 538 g/mol. The Balaban J connectivity index is 0.00000300. The van der Waals surface area contributed by atoms with Crippen molar-refractivity contribution in [1.82, 2.24) is 10.2 Å². The lowest BCUT2D eigenvalue weighted by Gasteiger charge is -2.35. The zero-order valence-electron chi connectivity index (χ0n) is 17.5. The van der Waals surface area contributed by atoms with Crippen molar-refractivity contribution in [3.05, 3.63) is 24.2 Å². The largest absolute Gasteiger partial charge is 0.469 e. The molecule has 1 aromatic heterocycles. The van der Waals surface area contributed by atoms with E-state index < -0.39 is 0 Å². The minimum absolute atomic E-state index is 0. The molecule has 8 heteroatoms. The smallest absolute Gasteiger partial charge is 0.193 e. The molecule has 3 heterocycles. The fourth-order valence-corrected chi connectivity index (χ4v) is 3.95. The SMILES string of the molecule is CSCCN=C(NCCc1ccco1)N1CCC(OCC2CCCCO2)CC1.I. The third-order valence-corrected chi connectivity index (χ3v) is 5.92. The van der Waals surface area contributed by atoms with Crippen LogP contribution in [0.5, 0.6) is 0 Å². The van der Waals surface area contributed by atoms with Crippen molar-refractivity contribution >= 4 is 41.7 Å². The molecule has 0 amide bonds. The van der Waals surface area contributed by atoms with Crippen LogP contribution in [0.25, 0.3) is 0 Å². The molecular weight excluding hydrogens is 501 g/mol. The summed E-state index contributed by atoms with van der Waals surface area (Å²) in [6.45, 7) is 5.30. The molecule has 1 atom stereocenters. The third kappa shape index (κ3) is 9.06. The van der Waals surface area contributed by atoms with E-state index in [1.807, 2.05) is 23.9 Å². The highest BCUT2D eigenvalue weighted by Crippen LogP contribution is 2.18. The second-order valence-electron chi connectivity index (χ2n) is 7.46. The molecule has 0 saturated carbocycles. The van der Waals surface area contributed by atoms with Gasteiger partial charge in [-0.15, -0.1) is 24.0 Å². The molecule has 2 aliphatic heterocycles. The molecule has 0 spiro atoms. The Kier molecular flexibility index (Phi) is 12.4. The summed E-state index contributed by atoms with van der Waals surface area (Å²) >= 11 is 1.83. The Labute approximate surface area is 196 Å². The first kappa shape index (κ1) is 24.8. The number of ether oxygens (including phenoxy) is 2. The van der Waals surface area contributed by atoms with E-state index in [-0.39, 0.29) is 24.0 Å². The molecule has 3 rings (SSSR count). The van der Waals surface area contributed by atoms with Gasteiger partial charge in [-0.05, 0) is 50.5 Å². The van der Waals surface area contributed by atoms with Crippen molar-refractivity contribution < 1.29 is 13.9 Å². The maximum absolute atomic E-state index is 6.15. The molecule has 1 N–H and O–H groups in total. The molecule has 6 nitrogen and oxygen atoms in total. The maximum Gasteiger partial charge on any atom is 0.193 e. The molecule has 2 aliphatic rings. The molecule has 2 saturated heterocycles. The Bertz CT molecular complexity index is 560. The number of aliphatic imine (C=N–C) groups is 1. The number of thioether (sulfide) groups is 1. The summed E-state index contributed by atoms with van der Waals surface area (Å²) in [7, 11) is 0. The van der Waals surface area contributed by atoms with Gasteiger partial charge in [-0.1, -0.05) is 0 Å².